The second-order valence-electron chi connectivity index (χ2n) is 9.55. The predicted molar refractivity (Wildman–Crippen MR) is 139 cm³/mol. The van der Waals surface area contributed by atoms with E-state index in [1.165, 1.54) is 93.0 Å². The summed E-state index contributed by atoms with van der Waals surface area (Å²) in [7, 11) is 0. The van der Waals surface area contributed by atoms with Crippen molar-refractivity contribution in [1.82, 2.24) is 4.98 Å². The van der Waals surface area contributed by atoms with E-state index in [9.17, 15) is 0 Å². The highest BCUT2D eigenvalue weighted by Crippen LogP contribution is 2.35. The fraction of sp³-hybridized carbons (Fsp3) is 0.633. The van der Waals surface area contributed by atoms with Crippen LogP contribution in [0.25, 0.3) is 11.1 Å². The highest BCUT2D eigenvalue weighted by Gasteiger charge is 2.18. The molecule has 0 N–H and O–H groups in total. The maximum atomic E-state index is 6.04. The van der Waals surface area contributed by atoms with Gasteiger partial charge in [0.1, 0.15) is 5.75 Å². The van der Waals surface area contributed by atoms with Gasteiger partial charge in [0.2, 0.25) is 5.88 Å². The number of rotatable bonds is 17. The Hall–Kier alpha value is -2.03. The molecule has 0 unspecified atom stereocenters. The van der Waals surface area contributed by atoms with Crippen LogP contribution in [0.2, 0.25) is 0 Å². The van der Waals surface area contributed by atoms with Crippen molar-refractivity contribution in [1.29, 1.82) is 0 Å². The molecule has 0 atom stereocenters. The van der Waals surface area contributed by atoms with Crippen molar-refractivity contribution in [3.63, 3.8) is 0 Å². The molecule has 0 amide bonds. The lowest BCUT2D eigenvalue weighted by Gasteiger charge is -2.20. The zero-order chi connectivity index (χ0) is 23.1. The number of aryl methyl sites for hydroxylation is 2. The van der Waals surface area contributed by atoms with Gasteiger partial charge in [-0.05, 0) is 55.0 Å². The number of hydrogen-bond acceptors (Lipinski definition) is 3. The summed E-state index contributed by atoms with van der Waals surface area (Å²) in [5.74, 6) is 1.79. The molecule has 0 aliphatic heterocycles. The molecule has 3 nitrogen and oxygen atoms in total. The first kappa shape index (κ1) is 25.6. The van der Waals surface area contributed by atoms with E-state index < -0.39 is 0 Å². The molecule has 0 bridgehead atoms. The molecule has 1 heterocycles. The monoisotopic (exact) mass is 451 g/mol. The van der Waals surface area contributed by atoms with Crippen molar-refractivity contribution in [2.45, 2.75) is 110 Å². The number of ether oxygens (including phenoxy) is 2. The van der Waals surface area contributed by atoms with Crippen molar-refractivity contribution in [3.8, 4) is 22.8 Å². The summed E-state index contributed by atoms with van der Waals surface area (Å²) in [4.78, 5) is 4.83. The molecule has 33 heavy (non-hydrogen) atoms. The second-order valence-corrected chi connectivity index (χ2v) is 9.55. The van der Waals surface area contributed by atoms with E-state index in [4.69, 9.17) is 14.5 Å². The summed E-state index contributed by atoms with van der Waals surface area (Å²) in [6.45, 7) is 6.12. The van der Waals surface area contributed by atoms with Crippen LogP contribution in [-0.2, 0) is 12.8 Å². The highest BCUT2D eigenvalue weighted by atomic mass is 16.5. The van der Waals surface area contributed by atoms with Crippen LogP contribution in [0, 0.1) is 0 Å². The number of unbranched alkanes of at least 4 members (excludes halogenated alkanes) is 11. The molecule has 1 aliphatic carbocycles. The summed E-state index contributed by atoms with van der Waals surface area (Å²) in [6.07, 6.45) is 18.9. The molecule has 0 fully saturated rings. The Balaban J connectivity index is 1.43. The van der Waals surface area contributed by atoms with Gasteiger partial charge in [-0.1, -0.05) is 90.5 Å². The Bertz CT molecular complexity index is 817. The van der Waals surface area contributed by atoms with E-state index in [0.29, 0.717) is 0 Å². The van der Waals surface area contributed by atoms with E-state index in [1.54, 1.807) is 0 Å². The third kappa shape index (κ3) is 8.68. The Morgan fingerprint density at radius 2 is 1.24 bits per heavy atom. The summed E-state index contributed by atoms with van der Waals surface area (Å²) in [5.41, 5.74) is 5.10. The maximum absolute atomic E-state index is 6.04. The topological polar surface area (TPSA) is 31.4 Å². The van der Waals surface area contributed by atoms with Crippen LogP contribution in [0.3, 0.4) is 0 Å². The molecule has 182 valence electrons. The average molecular weight is 452 g/mol. The van der Waals surface area contributed by atoms with Gasteiger partial charge in [0.05, 0.1) is 18.9 Å². The zero-order valence-electron chi connectivity index (χ0n) is 21.2. The molecule has 0 saturated heterocycles. The van der Waals surface area contributed by atoms with Crippen molar-refractivity contribution in [2.24, 2.45) is 0 Å². The standard InChI is InChI=1S/C30H45NO2/c1-3-5-7-9-11-13-15-23-33-30-21-19-28-27-18-17-26(24-25(27)16-20-29(28)31-30)32-22-14-12-10-8-6-4-2/h17-19,21,24H,3-16,20,22-23H2,1-2H3. The van der Waals surface area contributed by atoms with E-state index >= 15 is 0 Å². The average Bonchev–Trinajstić information content (AvgIpc) is 2.84. The molecule has 2 aromatic rings. The van der Waals surface area contributed by atoms with Gasteiger partial charge < -0.3 is 9.47 Å². The summed E-state index contributed by atoms with van der Waals surface area (Å²) in [6, 6.07) is 10.8. The van der Waals surface area contributed by atoms with Gasteiger partial charge in [-0.2, -0.15) is 0 Å². The number of hydrogen-bond donors (Lipinski definition) is 0. The lowest BCUT2D eigenvalue weighted by Crippen LogP contribution is -2.08. The molecular weight excluding hydrogens is 406 g/mol. The van der Waals surface area contributed by atoms with Crippen LogP contribution in [-0.4, -0.2) is 18.2 Å². The van der Waals surface area contributed by atoms with Gasteiger partial charge >= 0.3 is 0 Å². The molecule has 3 rings (SSSR count). The SMILES string of the molecule is CCCCCCCCCOc1ccc2c(n1)CCc1cc(OCCCCCCCC)ccc1-2. The summed E-state index contributed by atoms with van der Waals surface area (Å²) >= 11 is 0. The highest BCUT2D eigenvalue weighted by molar-refractivity contribution is 5.73. The van der Waals surface area contributed by atoms with Gasteiger partial charge in [0.15, 0.2) is 0 Å². The van der Waals surface area contributed by atoms with Gasteiger partial charge in [0.25, 0.3) is 0 Å². The summed E-state index contributed by atoms with van der Waals surface area (Å²) < 4.78 is 12.0. The Labute approximate surface area is 202 Å². The quantitative estimate of drug-likeness (QED) is 0.225. The lowest BCUT2D eigenvalue weighted by atomic mass is 9.88. The van der Waals surface area contributed by atoms with E-state index in [0.717, 1.165) is 50.5 Å². The minimum atomic E-state index is 0.773. The van der Waals surface area contributed by atoms with E-state index in [1.807, 2.05) is 6.07 Å². The minimum absolute atomic E-state index is 0.773. The molecule has 3 heteroatoms. The lowest BCUT2D eigenvalue weighted by molar-refractivity contribution is 0.292. The molecule has 1 aromatic heterocycles. The minimum Gasteiger partial charge on any atom is -0.494 e. The van der Waals surface area contributed by atoms with Crippen LogP contribution < -0.4 is 9.47 Å². The second kappa shape index (κ2) is 15.0. The first-order chi connectivity index (χ1) is 16.3. The number of aromatic nitrogens is 1. The number of fused-ring (bicyclic) bond motifs is 3. The Kier molecular flexibility index (Phi) is 11.6. The molecule has 0 radical (unpaired) electrons. The van der Waals surface area contributed by atoms with Gasteiger partial charge in [-0.15, -0.1) is 0 Å². The smallest absolute Gasteiger partial charge is 0.213 e. The molecule has 1 aliphatic rings. The Morgan fingerprint density at radius 3 is 1.94 bits per heavy atom. The van der Waals surface area contributed by atoms with Gasteiger partial charge in [-0.25, -0.2) is 4.98 Å². The van der Waals surface area contributed by atoms with Gasteiger partial charge in [0, 0.05) is 11.6 Å². The molecule has 1 aromatic carbocycles. The first-order valence-electron chi connectivity index (χ1n) is 13.7. The maximum Gasteiger partial charge on any atom is 0.213 e. The molecule has 0 spiro atoms. The number of pyridine rings is 1. The predicted octanol–water partition coefficient (Wildman–Crippen LogP) is 8.72. The largest absolute Gasteiger partial charge is 0.494 e. The van der Waals surface area contributed by atoms with E-state index in [-0.39, 0.29) is 0 Å². The molecule has 0 saturated carbocycles. The number of benzene rings is 1. The van der Waals surface area contributed by atoms with Crippen LogP contribution in [0.15, 0.2) is 30.3 Å². The van der Waals surface area contributed by atoms with Crippen LogP contribution in [0.4, 0.5) is 0 Å². The van der Waals surface area contributed by atoms with Crippen LogP contribution in [0.5, 0.6) is 11.6 Å². The third-order valence-electron chi connectivity index (χ3n) is 6.71. The van der Waals surface area contributed by atoms with Gasteiger partial charge in [-0.3, -0.25) is 0 Å². The third-order valence-corrected chi connectivity index (χ3v) is 6.71. The Morgan fingerprint density at radius 1 is 0.636 bits per heavy atom. The zero-order valence-corrected chi connectivity index (χ0v) is 21.2. The first-order valence-corrected chi connectivity index (χ1v) is 13.7. The molecular formula is C30H45NO2. The normalized spacial score (nSPS) is 12.3. The van der Waals surface area contributed by atoms with Crippen LogP contribution in [0.1, 0.15) is 109 Å². The number of nitrogens with zero attached hydrogens (tertiary/aromatic N) is 1. The summed E-state index contributed by atoms with van der Waals surface area (Å²) in [5, 5.41) is 0. The van der Waals surface area contributed by atoms with E-state index in [2.05, 4.69) is 38.1 Å². The van der Waals surface area contributed by atoms with Crippen molar-refractivity contribution >= 4 is 0 Å². The van der Waals surface area contributed by atoms with Crippen molar-refractivity contribution in [3.05, 3.63) is 41.6 Å². The van der Waals surface area contributed by atoms with Crippen molar-refractivity contribution in [2.75, 3.05) is 13.2 Å². The van der Waals surface area contributed by atoms with Crippen LogP contribution >= 0.6 is 0 Å². The van der Waals surface area contributed by atoms with Crippen molar-refractivity contribution < 1.29 is 9.47 Å². The fourth-order valence-electron chi connectivity index (χ4n) is 4.69. The fourth-order valence-corrected chi connectivity index (χ4v) is 4.69.